The standard InChI is InChI=1S/C10H19NS/c1-2-4-10(5-3-1)12-8-9-6-11-7-9/h9-11H,1-8H2. The molecule has 0 spiro atoms. The number of nitrogens with one attached hydrogen (secondary N) is 1. The molecule has 1 saturated heterocycles. The van der Waals surface area contributed by atoms with E-state index in [1.54, 1.807) is 0 Å². The molecule has 2 aliphatic rings. The van der Waals surface area contributed by atoms with Crippen LogP contribution in [0.5, 0.6) is 0 Å². The molecule has 1 saturated carbocycles. The van der Waals surface area contributed by atoms with E-state index in [1.807, 2.05) is 0 Å². The van der Waals surface area contributed by atoms with E-state index >= 15 is 0 Å². The first-order valence-electron chi connectivity index (χ1n) is 5.27. The Morgan fingerprint density at radius 1 is 1.08 bits per heavy atom. The van der Waals surface area contributed by atoms with Gasteiger partial charge in [-0.05, 0) is 37.6 Å². The highest BCUT2D eigenvalue weighted by molar-refractivity contribution is 7.99. The highest BCUT2D eigenvalue weighted by atomic mass is 32.2. The molecule has 2 rings (SSSR count). The fourth-order valence-electron chi connectivity index (χ4n) is 1.97. The summed E-state index contributed by atoms with van der Waals surface area (Å²) in [7, 11) is 0. The van der Waals surface area contributed by atoms with Gasteiger partial charge in [0.25, 0.3) is 0 Å². The van der Waals surface area contributed by atoms with Gasteiger partial charge in [-0.3, -0.25) is 0 Å². The summed E-state index contributed by atoms with van der Waals surface area (Å²) in [6.07, 6.45) is 7.44. The van der Waals surface area contributed by atoms with Gasteiger partial charge in [-0.25, -0.2) is 0 Å². The van der Waals surface area contributed by atoms with Gasteiger partial charge in [-0.1, -0.05) is 19.3 Å². The number of thioether (sulfide) groups is 1. The van der Waals surface area contributed by atoms with Crippen molar-refractivity contribution in [2.24, 2.45) is 5.92 Å². The first-order valence-corrected chi connectivity index (χ1v) is 6.32. The van der Waals surface area contributed by atoms with Gasteiger partial charge in [0.15, 0.2) is 0 Å². The summed E-state index contributed by atoms with van der Waals surface area (Å²) in [6.45, 7) is 2.56. The summed E-state index contributed by atoms with van der Waals surface area (Å²) in [5, 5.41) is 4.35. The van der Waals surface area contributed by atoms with Crippen molar-refractivity contribution in [2.75, 3.05) is 18.8 Å². The van der Waals surface area contributed by atoms with E-state index in [1.165, 1.54) is 50.9 Å². The first kappa shape index (κ1) is 8.89. The molecule has 0 radical (unpaired) electrons. The van der Waals surface area contributed by atoms with Crippen molar-refractivity contribution in [3.63, 3.8) is 0 Å². The van der Waals surface area contributed by atoms with Gasteiger partial charge in [0.05, 0.1) is 0 Å². The SMILES string of the molecule is C1CCC(SCC2CNC2)CC1. The molecule has 0 aromatic carbocycles. The van der Waals surface area contributed by atoms with Gasteiger partial charge in [-0.2, -0.15) is 11.8 Å². The maximum atomic E-state index is 3.34. The van der Waals surface area contributed by atoms with Crippen LogP contribution in [0, 0.1) is 5.92 Å². The number of hydrogen-bond acceptors (Lipinski definition) is 2. The van der Waals surface area contributed by atoms with Gasteiger partial charge in [0.1, 0.15) is 0 Å². The summed E-state index contributed by atoms with van der Waals surface area (Å²) in [4.78, 5) is 0. The van der Waals surface area contributed by atoms with Crippen molar-refractivity contribution in [3.05, 3.63) is 0 Å². The lowest BCUT2D eigenvalue weighted by Crippen LogP contribution is -2.43. The lowest BCUT2D eigenvalue weighted by atomic mass is 10.0. The first-order chi connectivity index (χ1) is 5.95. The summed E-state index contributed by atoms with van der Waals surface area (Å²) < 4.78 is 0. The monoisotopic (exact) mass is 185 g/mol. The van der Waals surface area contributed by atoms with Crippen molar-refractivity contribution in [1.29, 1.82) is 0 Å². The minimum atomic E-state index is 0.997. The Balaban J connectivity index is 1.58. The molecule has 0 amide bonds. The maximum absolute atomic E-state index is 3.34. The predicted octanol–water partition coefficient (Wildman–Crippen LogP) is 2.27. The van der Waals surface area contributed by atoms with Crippen molar-refractivity contribution in [2.45, 2.75) is 37.4 Å². The minimum absolute atomic E-state index is 0.997. The molecule has 1 aliphatic carbocycles. The molecular weight excluding hydrogens is 166 g/mol. The third-order valence-electron chi connectivity index (χ3n) is 2.99. The third kappa shape index (κ3) is 2.40. The topological polar surface area (TPSA) is 12.0 Å². The van der Waals surface area contributed by atoms with Gasteiger partial charge >= 0.3 is 0 Å². The molecule has 0 aromatic rings. The molecule has 1 aliphatic heterocycles. The third-order valence-corrected chi connectivity index (χ3v) is 4.59. The normalized spacial score (nSPS) is 27.0. The molecule has 1 heterocycles. The molecular formula is C10H19NS. The average Bonchev–Trinajstić information content (AvgIpc) is 2.04. The van der Waals surface area contributed by atoms with E-state index in [2.05, 4.69) is 17.1 Å². The Morgan fingerprint density at radius 2 is 1.83 bits per heavy atom. The zero-order valence-corrected chi connectivity index (χ0v) is 8.54. The van der Waals surface area contributed by atoms with Crippen LogP contribution in [-0.2, 0) is 0 Å². The van der Waals surface area contributed by atoms with Gasteiger partial charge in [-0.15, -0.1) is 0 Å². The van der Waals surface area contributed by atoms with Crippen LogP contribution in [0.15, 0.2) is 0 Å². The molecule has 70 valence electrons. The van der Waals surface area contributed by atoms with Crippen LogP contribution in [0.2, 0.25) is 0 Å². The summed E-state index contributed by atoms with van der Waals surface area (Å²) in [5.41, 5.74) is 0. The minimum Gasteiger partial charge on any atom is -0.316 e. The second kappa shape index (κ2) is 4.52. The van der Waals surface area contributed by atoms with Crippen molar-refractivity contribution >= 4 is 11.8 Å². The van der Waals surface area contributed by atoms with E-state index in [-0.39, 0.29) is 0 Å². The number of hydrogen-bond donors (Lipinski definition) is 1. The van der Waals surface area contributed by atoms with Crippen LogP contribution >= 0.6 is 11.8 Å². The maximum Gasteiger partial charge on any atom is 0.00471 e. The van der Waals surface area contributed by atoms with Crippen LogP contribution in [0.4, 0.5) is 0 Å². The Morgan fingerprint density at radius 3 is 2.42 bits per heavy atom. The van der Waals surface area contributed by atoms with Crippen molar-refractivity contribution in [1.82, 2.24) is 5.32 Å². The lowest BCUT2D eigenvalue weighted by Gasteiger charge is -2.29. The van der Waals surface area contributed by atoms with Gasteiger partial charge < -0.3 is 5.32 Å². The highest BCUT2D eigenvalue weighted by Crippen LogP contribution is 2.29. The predicted molar refractivity (Wildman–Crippen MR) is 55.7 cm³/mol. The number of rotatable bonds is 3. The molecule has 0 bridgehead atoms. The summed E-state index contributed by atoms with van der Waals surface area (Å²) in [6, 6.07) is 0. The van der Waals surface area contributed by atoms with Crippen LogP contribution in [-0.4, -0.2) is 24.1 Å². The zero-order valence-electron chi connectivity index (χ0n) is 7.72. The molecule has 12 heavy (non-hydrogen) atoms. The van der Waals surface area contributed by atoms with E-state index in [4.69, 9.17) is 0 Å². The highest BCUT2D eigenvalue weighted by Gasteiger charge is 2.20. The average molecular weight is 185 g/mol. The second-order valence-corrected chi connectivity index (χ2v) is 5.45. The summed E-state index contributed by atoms with van der Waals surface area (Å²) in [5.74, 6) is 2.41. The Labute approximate surface area is 79.7 Å². The van der Waals surface area contributed by atoms with Crippen molar-refractivity contribution < 1.29 is 0 Å². The van der Waals surface area contributed by atoms with E-state index in [0.717, 1.165) is 11.2 Å². The van der Waals surface area contributed by atoms with Crippen LogP contribution in [0.25, 0.3) is 0 Å². The van der Waals surface area contributed by atoms with Crippen molar-refractivity contribution in [3.8, 4) is 0 Å². The Hall–Kier alpha value is 0.310. The van der Waals surface area contributed by atoms with Crippen LogP contribution in [0.3, 0.4) is 0 Å². The molecule has 2 heteroatoms. The van der Waals surface area contributed by atoms with E-state index in [9.17, 15) is 0 Å². The second-order valence-electron chi connectivity index (χ2n) is 4.12. The zero-order chi connectivity index (χ0) is 8.23. The Bertz CT molecular complexity index is 128. The largest absolute Gasteiger partial charge is 0.316 e. The van der Waals surface area contributed by atoms with Gasteiger partial charge in [0, 0.05) is 5.25 Å². The quantitative estimate of drug-likeness (QED) is 0.724. The molecule has 0 unspecified atom stereocenters. The molecule has 1 nitrogen and oxygen atoms in total. The fraction of sp³-hybridized carbons (Fsp3) is 1.00. The summed E-state index contributed by atoms with van der Waals surface area (Å²) >= 11 is 2.24. The van der Waals surface area contributed by atoms with E-state index < -0.39 is 0 Å². The Kier molecular flexibility index (Phi) is 3.35. The lowest BCUT2D eigenvalue weighted by molar-refractivity contribution is 0.384. The molecule has 2 fully saturated rings. The molecule has 0 atom stereocenters. The van der Waals surface area contributed by atoms with Crippen LogP contribution < -0.4 is 5.32 Å². The molecule has 0 aromatic heterocycles. The smallest absolute Gasteiger partial charge is 0.00471 e. The molecule has 1 N–H and O–H groups in total. The fourth-order valence-corrected chi connectivity index (χ4v) is 3.42. The van der Waals surface area contributed by atoms with Crippen LogP contribution in [0.1, 0.15) is 32.1 Å². The van der Waals surface area contributed by atoms with Gasteiger partial charge in [0.2, 0.25) is 0 Å². The van der Waals surface area contributed by atoms with E-state index in [0.29, 0.717) is 0 Å².